The van der Waals surface area contributed by atoms with Crippen molar-refractivity contribution in [3.05, 3.63) is 24.2 Å². The van der Waals surface area contributed by atoms with Crippen molar-refractivity contribution in [1.82, 2.24) is 9.80 Å². The van der Waals surface area contributed by atoms with Crippen LogP contribution in [0.3, 0.4) is 0 Å². The molecule has 2 aliphatic rings. The number of β-amino-alcohol motifs (C(OH)–C–C–N with tert-alkyl or cyclic N) is 1. The summed E-state index contributed by atoms with van der Waals surface area (Å²) in [5, 5.41) is 9.48. The van der Waals surface area contributed by atoms with Gasteiger partial charge >= 0.3 is 0 Å². The molecule has 19 heavy (non-hydrogen) atoms. The number of piperidine rings is 1. The van der Waals surface area contributed by atoms with Crippen molar-refractivity contribution in [2.75, 3.05) is 26.2 Å². The SMILES string of the molecule is O[C@@H]1CN(C2CCN(Cc3ccco3)CC2)C[C@H]1F. The maximum atomic E-state index is 13.3. The van der Waals surface area contributed by atoms with Crippen molar-refractivity contribution >= 4 is 0 Å². The average molecular weight is 268 g/mol. The Kier molecular flexibility index (Phi) is 3.86. The van der Waals surface area contributed by atoms with Crippen molar-refractivity contribution in [1.29, 1.82) is 0 Å². The highest BCUT2D eigenvalue weighted by Gasteiger charge is 2.36. The summed E-state index contributed by atoms with van der Waals surface area (Å²) < 4.78 is 18.7. The summed E-state index contributed by atoms with van der Waals surface area (Å²) in [6.07, 6.45) is 1.93. The number of likely N-dealkylation sites (tertiary alicyclic amines) is 2. The zero-order chi connectivity index (χ0) is 13.2. The Balaban J connectivity index is 1.47. The number of nitrogens with zero attached hydrogens (tertiary/aromatic N) is 2. The zero-order valence-corrected chi connectivity index (χ0v) is 11.0. The van der Waals surface area contributed by atoms with Gasteiger partial charge in [0.25, 0.3) is 0 Å². The Labute approximate surface area is 112 Å². The molecule has 3 rings (SSSR count). The molecule has 0 amide bonds. The molecule has 2 atom stereocenters. The van der Waals surface area contributed by atoms with Crippen LogP contribution in [-0.2, 0) is 6.54 Å². The van der Waals surface area contributed by atoms with Gasteiger partial charge in [0.15, 0.2) is 0 Å². The molecule has 1 aromatic heterocycles. The second kappa shape index (κ2) is 5.61. The van der Waals surface area contributed by atoms with Gasteiger partial charge in [-0.25, -0.2) is 4.39 Å². The minimum Gasteiger partial charge on any atom is -0.468 e. The molecular formula is C14H21FN2O2. The predicted molar refractivity (Wildman–Crippen MR) is 69.5 cm³/mol. The molecule has 5 heteroatoms. The van der Waals surface area contributed by atoms with Crippen LogP contribution in [0, 0.1) is 0 Å². The lowest BCUT2D eigenvalue weighted by Crippen LogP contribution is -2.44. The highest BCUT2D eigenvalue weighted by atomic mass is 19.1. The van der Waals surface area contributed by atoms with Crippen LogP contribution in [0.4, 0.5) is 4.39 Å². The van der Waals surface area contributed by atoms with Gasteiger partial charge in [-0.15, -0.1) is 0 Å². The number of hydrogen-bond donors (Lipinski definition) is 1. The van der Waals surface area contributed by atoms with E-state index >= 15 is 0 Å². The molecule has 4 nitrogen and oxygen atoms in total. The minimum absolute atomic E-state index is 0.393. The largest absolute Gasteiger partial charge is 0.468 e. The van der Waals surface area contributed by atoms with Gasteiger partial charge in [-0.3, -0.25) is 9.80 Å². The molecule has 3 heterocycles. The highest BCUT2D eigenvalue weighted by Crippen LogP contribution is 2.23. The van der Waals surface area contributed by atoms with Gasteiger partial charge in [-0.05, 0) is 25.0 Å². The first-order valence-corrected chi connectivity index (χ1v) is 7.03. The van der Waals surface area contributed by atoms with Crippen LogP contribution in [0.25, 0.3) is 0 Å². The Hall–Kier alpha value is -0.910. The van der Waals surface area contributed by atoms with Crippen LogP contribution >= 0.6 is 0 Å². The van der Waals surface area contributed by atoms with Crippen LogP contribution in [0.2, 0.25) is 0 Å². The molecule has 0 unspecified atom stereocenters. The maximum absolute atomic E-state index is 13.3. The van der Waals surface area contributed by atoms with E-state index in [0.717, 1.165) is 38.2 Å². The molecule has 0 radical (unpaired) electrons. The first kappa shape index (κ1) is 13.1. The topological polar surface area (TPSA) is 39.9 Å². The Morgan fingerprint density at radius 2 is 2.11 bits per heavy atom. The van der Waals surface area contributed by atoms with E-state index < -0.39 is 12.3 Å². The number of aliphatic hydroxyl groups excluding tert-OH is 1. The van der Waals surface area contributed by atoms with E-state index in [4.69, 9.17) is 4.42 Å². The van der Waals surface area contributed by atoms with Gasteiger partial charge in [0, 0.05) is 32.2 Å². The molecule has 106 valence electrons. The number of aliphatic hydroxyl groups is 1. The maximum Gasteiger partial charge on any atom is 0.140 e. The molecule has 0 aliphatic carbocycles. The monoisotopic (exact) mass is 268 g/mol. The van der Waals surface area contributed by atoms with E-state index in [2.05, 4.69) is 9.80 Å². The standard InChI is InChI=1S/C14H21FN2O2/c15-13-9-17(10-14(13)18)11-3-5-16(6-4-11)8-12-2-1-7-19-12/h1-2,7,11,13-14,18H,3-6,8-10H2/t13-,14-/m1/s1. The fourth-order valence-corrected chi connectivity index (χ4v) is 3.14. The lowest BCUT2D eigenvalue weighted by Gasteiger charge is -2.36. The van der Waals surface area contributed by atoms with Crippen molar-refractivity contribution in [3.8, 4) is 0 Å². The van der Waals surface area contributed by atoms with Gasteiger partial charge in [-0.2, -0.15) is 0 Å². The minimum atomic E-state index is -1.07. The molecule has 2 saturated heterocycles. The smallest absolute Gasteiger partial charge is 0.140 e. The summed E-state index contributed by atoms with van der Waals surface area (Å²) >= 11 is 0. The summed E-state index contributed by atoms with van der Waals surface area (Å²) in [5.41, 5.74) is 0. The van der Waals surface area contributed by atoms with Crippen molar-refractivity contribution < 1.29 is 13.9 Å². The average Bonchev–Trinajstić information content (AvgIpc) is 3.02. The van der Waals surface area contributed by atoms with Crippen LogP contribution in [0.1, 0.15) is 18.6 Å². The third-order valence-electron chi connectivity index (χ3n) is 4.28. The summed E-state index contributed by atoms with van der Waals surface area (Å²) in [4.78, 5) is 4.48. The Morgan fingerprint density at radius 3 is 2.68 bits per heavy atom. The van der Waals surface area contributed by atoms with E-state index in [1.165, 1.54) is 0 Å². The van der Waals surface area contributed by atoms with Gasteiger partial charge in [0.05, 0.1) is 18.9 Å². The third-order valence-corrected chi connectivity index (χ3v) is 4.28. The van der Waals surface area contributed by atoms with Crippen molar-refractivity contribution in [3.63, 3.8) is 0 Å². The van der Waals surface area contributed by atoms with E-state index in [-0.39, 0.29) is 0 Å². The van der Waals surface area contributed by atoms with Gasteiger partial charge in [0.2, 0.25) is 0 Å². The molecule has 2 aliphatic heterocycles. The molecular weight excluding hydrogens is 247 g/mol. The Bertz CT molecular complexity index is 380. The first-order valence-electron chi connectivity index (χ1n) is 7.03. The number of furan rings is 1. The fourth-order valence-electron chi connectivity index (χ4n) is 3.14. The number of rotatable bonds is 3. The summed E-state index contributed by atoms with van der Waals surface area (Å²) in [5.74, 6) is 0.999. The molecule has 2 fully saturated rings. The molecule has 0 bridgehead atoms. The predicted octanol–water partition coefficient (Wildman–Crippen LogP) is 1.26. The lowest BCUT2D eigenvalue weighted by atomic mass is 10.0. The first-order chi connectivity index (χ1) is 9.22. The van der Waals surface area contributed by atoms with E-state index in [1.54, 1.807) is 6.26 Å². The zero-order valence-electron chi connectivity index (χ0n) is 11.0. The van der Waals surface area contributed by atoms with E-state index in [0.29, 0.717) is 19.1 Å². The molecule has 0 spiro atoms. The second-order valence-corrected chi connectivity index (χ2v) is 5.62. The molecule has 0 saturated carbocycles. The third kappa shape index (κ3) is 2.99. The van der Waals surface area contributed by atoms with E-state index in [1.807, 2.05) is 12.1 Å². The van der Waals surface area contributed by atoms with Crippen LogP contribution in [0.5, 0.6) is 0 Å². The summed E-state index contributed by atoms with van der Waals surface area (Å²) in [6, 6.07) is 4.33. The molecule has 1 N–H and O–H groups in total. The Morgan fingerprint density at radius 1 is 1.32 bits per heavy atom. The van der Waals surface area contributed by atoms with Crippen molar-refractivity contribution in [2.24, 2.45) is 0 Å². The van der Waals surface area contributed by atoms with E-state index in [9.17, 15) is 9.50 Å². The van der Waals surface area contributed by atoms with Crippen LogP contribution in [0.15, 0.2) is 22.8 Å². The normalized spacial score (nSPS) is 31.1. The fraction of sp³-hybridized carbons (Fsp3) is 0.714. The van der Waals surface area contributed by atoms with Gasteiger partial charge in [0.1, 0.15) is 11.9 Å². The molecule has 1 aromatic rings. The van der Waals surface area contributed by atoms with Gasteiger partial charge in [-0.1, -0.05) is 0 Å². The summed E-state index contributed by atoms with van der Waals surface area (Å²) in [7, 11) is 0. The van der Waals surface area contributed by atoms with Crippen LogP contribution in [-0.4, -0.2) is 59.4 Å². The van der Waals surface area contributed by atoms with Crippen LogP contribution < -0.4 is 0 Å². The van der Waals surface area contributed by atoms with Gasteiger partial charge < -0.3 is 9.52 Å². The number of hydrogen-bond acceptors (Lipinski definition) is 4. The van der Waals surface area contributed by atoms with Crippen molar-refractivity contribution in [2.45, 2.75) is 37.7 Å². The number of halogens is 1. The highest BCUT2D eigenvalue weighted by molar-refractivity contribution is 4.98. The quantitative estimate of drug-likeness (QED) is 0.896. The lowest BCUT2D eigenvalue weighted by molar-refractivity contribution is 0.0988. The second-order valence-electron chi connectivity index (χ2n) is 5.62. The summed E-state index contributed by atoms with van der Waals surface area (Å²) in [6.45, 7) is 3.76. The number of alkyl halides is 1. The molecule has 0 aromatic carbocycles.